The van der Waals surface area contributed by atoms with Gasteiger partial charge in [-0.3, -0.25) is 4.79 Å². The number of pyridine rings is 1. The Kier molecular flexibility index (Phi) is 3.80. The van der Waals surface area contributed by atoms with Gasteiger partial charge in [0.2, 0.25) is 0 Å². The minimum Gasteiger partial charge on any atom is -0.366 e. The van der Waals surface area contributed by atoms with Crippen molar-refractivity contribution in [2.24, 2.45) is 0 Å². The largest absolute Gasteiger partial charge is 0.366 e. The van der Waals surface area contributed by atoms with Gasteiger partial charge in [0.05, 0.1) is 5.56 Å². The summed E-state index contributed by atoms with van der Waals surface area (Å²) in [6.07, 6.45) is 3.97. The Hall–Kier alpha value is -1.53. The molecule has 1 aromatic heterocycles. The van der Waals surface area contributed by atoms with Crippen LogP contribution in [0.4, 0.5) is 0 Å². The van der Waals surface area contributed by atoms with Crippen LogP contribution in [0.15, 0.2) is 23.3 Å². The molecular formula is C10H12N2O. The Morgan fingerprint density at radius 1 is 1.62 bits per heavy atom. The molecule has 0 fully saturated rings. The Bertz CT molecular complexity index is 370. The molecule has 0 aliphatic rings. The molecule has 0 spiro atoms. The van der Waals surface area contributed by atoms with Crippen LogP contribution in [0.2, 0.25) is 0 Å². The van der Waals surface area contributed by atoms with Crippen LogP contribution in [-0.2, 0) is 0 Å². The van der Waals surface area contributed by atoms with Crippen LogP contribution in [0.5, 0.6) is 0 Å². The van der Waals surface area contributed by atoms with Crippen LogP contribution < -0.4 is 10.7 Å². The predicted octanol–water partition coefficient (Wildman–Crippen LogP) is 0.336. The van der Waals surface area contributed by atoms with E-state index in [1.54, 1.807) is 12.4 Å². The Morgan fingerprint density at radius 3 is 3.15 bits per heavy atom. The third kappa shape index (κ3) is 3.14. The monoisotopic (exact) mass is 176 g/mol. The molecule has 0 aliphatic heterocycles. The lowest BCUT2D eigenvalue weighted by Crippen LogP contribution is -2.06. The van der Waals surface area contributed by atoms with Crippen molar-refractivity contribution in [2.75, 3.05) is 13.6 Å². The van der Waals surface area contributed by atoms with Gasteiger partial charge in [-0.05, 0) is 7.05 Å². The zero-order valence-electron chi connectivity index (χ0n) is 7.55. The summed E-state index contributed by atoms with van der Waals surface area (Å²) in [5.41, 5.74) is 0.495. The lowest BCUT2D eigenvalue weighted by molar-refractivity contribution is 0.818. The highest BCUT2D eigenvalue weighted by atomic mass is 16.1. The van der Waals surface area contributed by atoms with Gasteiger partial charge in [0.25, 0.3) is 0 Å². The molecule has 0 unspecified atom stereocenters. The second-order valence-corrected chi connectivity index (χ2v) is 2.58. The van der Waals surface area contributed by atoms with Crippen molar-refractivity contribution in [1.29, 1.82) is 0 Å². The molecule has 13 heavy (non-hydrogen) atoms. The lowest BCUT2D eigenvalue weighted by Gasteiger charge is -1.88. The molecule has 68 valence electrons. The van der Waals surface area contributed by atoms with Crippen molar-refractivity contribution >= 4 is 0 Å². The average Bonchev–Trinajstić information content (AvgIpc) is 2.15. The smallest absolute Gasteiger partial charge is 0.197 e. The van der Waals surface area contributed by atoms with Gasteiger partial charge in [-0.2, -0.15) is 0 Å². The van der Waals surface area contributed by atoms with Gasteiger partial charge in [-0.25, -0.2) is 0 Å². The number of hydrogen-bond acceptors (Lipinski definition) is 2. The Balaban J connectivity index is 2.67. The van der Waals surface area contributed by atoms with Crippen molar-refractivity contribution in [3.8, 4) is 11.8 Å². The van der Waals surface area contributed by atoms with E-state index in [0.29, 0.717) is 5.56 Å². The first-order valence-corrected chi connectivity index (χ1v) is 4.15. The van der Waals surface area contributed by atoms with Crippen LogP contribution in [0, 0.1) is 11.8 Å². The lowest BCUT2D eigenvalue weighted by atomic mass is 10.2. The SMILES string of the molecule is CNCCC#Cc1c[nH]ccc1=O. The number of aromatic nitrogens is 1. The van der Waals surface area contributed by atoms with Crippen molar-refractivity contribution in [3.05, 3.63) is 34.2 Å². The van der Waals surface area contributed by atoms with Crippen LogP contribution in [0.3, 0.4) is 0 Å². The standard InChI is InChI=1S/C10H12N2O/c1-11-6-3-2-4-9-8-12-7-5-10(9)13/h5,7-8,11H,3,6H2,1H3,(H,12,13). The minimum atomic E-state index is -0.0318. The summed E-state index contributed by atoms with van der Waals surface area (Å²) < 4.78 is 0. The van der Waals surface area contributed by atoms with Gasteiger partial charge in [0, 0.05) is 31.4 Å². The summed E-state index contributed by atoms with van der Waals surface area (Å²) >= 11 is 0. The van der Waals surface area contributed by atoms with Crippen molar-refractivity contribution in [3.63, 3.8) is 0 Å². The van der Waals surface area contributed by atoms with E-state index in [1.807, 2.05) is 7.05 Å². The van der Waals surface area contributed by atoms with E-state index < -0.39 is 0 Å². The van der Waals surface area contributed by atoms with Crippen LogP contribution in [-0.4, -0.2) is 18.6 Å². The number of nitrogens with one attached hydrogen (secondary N) is 2. The molecule has 2 N–H and O–H groups in total. The highest BCUT2D eigenvalue weighted by Gasteiger charge is 1.89. The molecule has 1 rings (SSSR count). The fourth-order valence-corrected chi connectivity index (χ4v) is 0.859. The molecule has 0 radical (unpaired) electrons. The van der Waals surface area contributed by atoms with Gasteiger partial charge in [0.15, 0.2) is 5.43 Å². The normalized spacial score (nSPS) is 9.00. The summed E-state index contributed by atoms with van der Waals surface area (Å²) in [4.78, 5) is 14.0. The summed E-state index contributed by atoms with van der Waals surface area (Å²) in [5.74, 6) is 5.72. The van der Waals surface area contributed by atoms with Crippen molar-refractivity contribution in [2.45, 2.75) is 6.42 Å². The quantitative estimate of drug-likeness (QED) is 0.504. The van der Waals surface area contributed by atoms with E-state index in [-0.39, 0.29) is 5.43 Å². The summed E-state index contributed by atoms with van der Waals surface area (Å²) in [6.45, 7) is 0.845. The maximum Gasteiger partial charge on any atom is 0.197 e. The number of hydrogen-bond donors (Lipinski definition) is 2. The van der Waals surface area contributed by atoms with Gasteiger partial charge in [-0.15, -0.1) is 0 Å². The van der Waals surface area contributed by atoms with E-state index in [9.17, 15) is 4.79 Å². The van der Waals surface area contributed by atoms with Gasteiger partial charge in [-0.1, -0.05) is 11.8 Å². The Morgan fingerprint density at radius 2 is 2.46 bits per heavy atom. The topological polar surface area (TPSA) is 44.9 Å². The first-order valence-electron chi connectivity index (χ1n) is 4.15. The molecule has 0 saturated heterocycles. The average molecular weight is 176 g/mol. The molecule has 3 nitrogen and oxygen atoms in total. The molecule has 0 saturated carbocycles. The predicted molar refractivity (Wildman–Crippen MR) is 52.5 cm³/mol. The van der Waals surface area contributed by atoms with E-state index >= 15 is 0 Å². The molecule has 1 aromatic rings. The van der Waals surface area contributed by atoms with Gasteiger partial charge < -0.3 is 10.3 Å². The van der Waals surface area contributed by atoms with E-state index in [0.717, 1.165) is 13.0 Å². The van der Waals surface area contributed by atoms with Crippen LogP contribution in [0.25, 0.3) is 0 Å². The summed E-state index contributed by atoms with van der Waals surface area (Å²) in [6, 6.07) is 1.47. The van der Waals surface area contributed by atoms with E-state index in [4.69, 9.17) is 0 Å². The minimum absolute atomic E-state index is 0.0318. The van der Waals surface area contributed by atoms with Crippen LogP contribution in [0.1, 0.15) is 12.0 Å². The van der Waals surface area contributed by atoms with Crippen LogP contribution >= 0.6 is 0 Å². The molecule has 0 aliphatic carbocycles. The molecule has 3 heteroatoms. The molecule has 0 atom stereocenters. The third-order valence-corrected chi connectivity index (χ3v) is 1.55. The highest BCUT2D eigenvalue weighted by molar-refractivity contribution is 5.31. The maximum absolute atomic E-state index is 11.1. The zero-order chi connectivity index (χ0) is 9.52. The first kappa shape index (κ1) is 9.56. The molecule has 1 heterocycles. The van der Waals surface area contributed by atoms with E-state index in [2.05, 4.69) is 22.1 Å². The summed E-state index contributed by atoms with van der Waals surface area (Å²) in [5, 5.41) is 2.98. The highest BCUT2D eigenvalue weighted by Crippen LogP contribution is 1.83. The fourth-order valence-electron chi connectivity index (χ4n) is 0.859. The fraction of sp³-hybridized carbons (Fsp3) is 0.300. The zero-order valence-corrected chi connectivity index (χ0v) is 7.55. The van der Waals surface area contributed by atoms with Gasteiger partial charge >= 0.3 is 0 Å². The summed E-state index contributed by atoms with van der Waals surface area (Å²) in [7, 11) is 1.87. The maximum atomic E-state index is 11.1. The number of aromatic amines is 1. The second kappa shape index (κ2) is 5.18. The Labute approximate surface area is 77.2 Å². The third-order valence-electron chi connectivity index (χ3n) is 1.55. The molecule has 0 amide bonds. The second-order valence-electron chi connectivity index (χ2n) is 2.58. The number of rotatable bonds is 2. The van der Waals surface area contributed by atoms with Gasteiger partial charge in [0.1, 0.15) is 0 Å². The molecule has 0 bridgehead atoms. The first-order chi connectivity index (χ1) is 6.34. The number of H-pyrrole nitrogens is 1. The van der Waals surface area contributed by atoms with E-state index in [1.165, 1.54) is 6.07 Å². The van der Waals surface area contributed by atoms with Crippen molar-refractivity contribution in [1.82, 2.24) is 10.3 Å². The van der Waals surface area contributed by atoms with Crippen molar-refractivity contribution < 1.29 is 0 Å². The molecular weight excluding hydrogens is 164 g/mol. The molecule has 0 aromatic carbocycles.